The van der Waals surface area contributed by atoms with Crippen LogP contribution in [0, 0.1) is 17.0 Å². The number of nitrogens with one attached hydrogen (secondary N) is 1. The molecule has 11 heteroatoms. The molecule has 0 fully saturated rings. The maximum atomic E-state index is 12.1. The van der Waals surface area contributed by atoms with Crippen molar-refractivity contribution in [3.8, 4) is 0 Å². The minimum Gasteiger partial charge on any atom is -0.452 e. The monoisotopic (exact) mass is 470 g/mol. The third-order valence-corrected chi connectivity index (χ3v) is 5.32. The predicted molar refractivity (Wildman–Crippen MR) is 104 cm³/mol. The smallest absolute Gasteiger partial charge is 0.338 e. The van der Waals surface area contributed by atoms with E-state index in [1.54, 1.807) is 18.2 Å². The molecule has 2 rings (SSSR count). The van der Waals surface area contributed by atoms with Crippen LogP contribution in [0.2, 0.25) is 0 Å². The molecule has 0 atom stereocenters. The summed E-state index contributed by atoms with van der Waals surface area (Å²) in [5.41, 5.74) is 0.476. The number of carbonyl (C=O) groups excluding carboxylic acids is 2. The summed E-state index contributed by atoms with van der Waals surface area (Å²) in [7, 11) is -3.85. The number of sulfone groups is 1. The van der Waals surface area contributed by atoms with Gasteiger partial charge in [0.1, 0.15) is 4.90 Å². The van der Waals surface area contributed by atoms with Crippen molar-refractivity contribution in [1.29, 1.82) is 0 Å². The molecule has 1 N–H and O–H groups in total. The zero-order valence-corrected chi connectivity index (χ0v) is 17.2. The maximum Gasteiger partial charge on any atom is 0.338 e. The Hall–Kier alpha value is -2.79. The Kier molecular flexibility index (Phi) is 6.52. The van der Waals surface area contributed by atoms with Crippen molar-refractivity contribution in [1.82, 2.24) is 0 Å². The van der Waals surface area contributed by atoms with E-state index in [1.807, 2.05) is 6.92 Å². The van der Waals surface area contributed by atoms with Crippen molar-refractivity contribution in [2.45, 2.75) is 11.8 Å². The molecule has 0 aliphatic rings. The largest absolute Gasteiger partial charge is 0.452 e. The summed E-state index contributed by atoms with van der Waals surface area (Å²) >= 11 is 3.30. The lowest BCUT2D eigenvalue weighted by Crippen LogP contribution is -2.21. The van der Waals surface area contributed by atoms with Gasteiger partial charge in [0.25, 0.3) is 11.6 Å². The van der Waals surface area contributed by atoms with Crippen molar-refractivity contribution >= 4 is 49.0 Å². The van der Waals surface area contributed by atoms with Gasteiger partial charge in [-0.15, -0.1) is 0 Å². The Morgan fingerprint density at radius 3 is 2.46 bits per heavy atom. The second-order valence-electron chi connectivity index (χ2n) is 5.82. The average Bonchev–Trinajstić information content (AvgIpc) is 2.60. The van der Waals surface area contributed by atoms with Gasteiger partial charge in [0, 0.05) is 16.8 Å². The fourth-order valence-electron chi connectivity index (χ4n) is 2.22. The lowest BCUT2D eigenvalue weighted by atomic mass is 10.2. The van der Waals surface area contributed by atoms with Gasteiger partial charge in [-0.1, -0.05) is 6.07 Å². The number of rotatable bonds is 6. The SMILES string of the molecule is Cc1ccc(NC(=O)COC(=O)c2ccc(S(C)(=O)=O)c([N+](=O)[O-])c2)c(Br)c1. The standard InChI is InChI=1S/C17H15BrN2O7S/c1-10-3-5-13(12(18)7-10)19-16(21)9-27-17(22)11-4-6-15(28(2,25)26)14(8-11)20(23)24/h3-8H,9H2,1-2H3,(H,19,21). The quantitative estimate of drug-likeness (QED) is 0.389. The number of hydrogen-bond donors (Lipinski definition) is 1. The molecule has 0 bridgehead atoms. The molecule has 2 aromatic rings. The Balaban J connectivity index is 2.09. The lowest BCUT2D eigenvalue weighted by Gasteiger charge is -2.09. The van der Waals surface area contributed by atoms with Crippen molar-refractivity contribution in [3.63, 3.8) is 0 Å². The van der Waals surface area contributed by atoms with E-state index in [2.05, 4.69) is 21.2 Å². The molecule has 0 heterocycles. The molecule has 0 unspecified atom stereocenters. The van der Waals surface area contributed by atoms with Gasteiger partial charge in [0.05, 0.1) is 16.2 Å². The minimum absolute atomic E-state index is 0.247. The van der Waals surface area contributed by atoms with Crippen LogP contribution in [0.3, 0.4) is 0 Å². The van der Waals surface area contributed by atoms with Gasteiger partial charge in [0.15, 0.2) is 16.4 Å². The number of halogens is 1. The number of anilines is 1. The van der Waals surface area contributed by atoms with Crippen LogP contribution in [0.15, 0.2) is 45.8 Å². The Morgan fingerprint density at radius 1 is 1.21 bits per heavy atom. The number of hydrogen-bond acceptors (Lipinski definition) is 7. The summed E-state index contributed by atoms with van der Waals surface area (Å²) < 4.78 is 28.7. The van der Waals surface area contributed by atoms with Crippen molar-refractivity contribution < 1.29 is 27.7 Å². The van der Waals surface area contributed by atoms with Crippen LogP contribution >= 0.6 is 15.9 Å². The Bertz CT molecular complexity index is 1070. The fourth-order valence-corrected chi connectivity index (χ4v) is 3.64. The van der Waals surface area contributed by atoms with E-state index >= 15 is 0 Å². The number of amides is 1. The topological polar surface area (TPSA) is 133 Å². The molecule has 148 valence electrons. The van der Waals surface area contributed by atoms with Gasteiger partial charge in [-0.05, 0) is 52.7 Å². The van der Waals surface area contributed by atoms with E-state index in [4.69, 9.17) is 4.74 Å². The molecule has 2 aromatic carbocycles. The highest BCUT2D eigenvalue weighted by Crippen LogP contribution is 2.25. The number of esters is 1. The number of aryl methyl sites for hydroxylation is 1. The van der Waals surface area contributed by atoms with Crippen molar-refractivity contribution in [2.24, 2.45) is 0 Å². The van der Waals surface area contributed by atoms with Crippen LogP contribution in [0.5, 0.6) is 0 Å². The first-order chi connectivity index (χ1) is 13.0. The van der Waals surface area contributed by atoms with Crippen LogP contribution in [-0.2, 0) is 19.4 Å². The molecule has 0 aliphatic heterocycles. The molecule has 0 aliphatic carbocycles. The molecule has 0 radical (unpaired) electrons. The second kappa shape index (κ2) is 8.48. The van der Waals surface area contributed by atoms with Gasteiger partial charge in [-0.2, -0.15) is 0 Å². The summed E-state index contributed by atoms with van der Waals surface area (Å²) in [6.45, 7) is 1.26. The number of ether oxygens (including phenoxy) is 1. The molecule has 9 nitrogen and oxygen atoms in total. The minimum atomic E-state index is -3.85. The molecule has 0 aromatic heterocycles. The van der Waals surface area contributed by atoms with Gasteiger partial charge in [-0.3, -0.25) is 14.9 Å². The van der Waals surface area contributed by atoms with E-state index in [-0.39, 0.29) is 5.56 Å². The maximum absolute atomic E-state index is 12.1. The lowest BCUT2D eigenvalue weighted by molar-refractivity contribution is -0.387. The van der Waals surface area contributed by atoms with Gasteiger partial charge in [-0.25, -0.2) is 13.2 Å². The molecule has 28 heavy (non-hydrogen) atoms. The number of carbonyl (C=O) groups is 2. The fraction of sp³-hybridized carbons (Fsp3) is 0.176. The molecule has 0 saturated carbocycles. The van der Waals surface area contributed by atoms with E-state index in [0.29, 0.717) is 10.2 Å². The van der Waals surface area contributed by atoms with Gasteiger partial charge < -0.3 is 10.1 Å². The summed E-state index contributed by atoms with van der Waals surface area (Å²) in [5, 5.41) is 13.6. The molecular formula is C17H15BrN2O7S. The van der Waals surface area contributed by atoms with Crippen molar-refractivity contribution in [2.75, 3.05) is 18.2 Å². The van der Waals surface area contributed by atoms with Crippen LogP contribution in [0.1, 0.15) is 15.9 Å². The van der Waals surface area contributed by atoms with Crippen LogP contribution in [0.4, 0.5) is 11.4 Å². The summed E-state index contributed by atoms with van der Waals surface area (Å²) in [5.74, 6) is -1.61. The van der Waals surface area contributed by atoms with Gasteiger partial charge in [0.2, 0.25) is 0 Å². The van der Waals surface area contributed by atoms with Gasteiger partial charge >= 0.3 is 5.97 Å². The highest BCUT2D eigenvalue weighted by molar-refractivity contribution is 9.10. The van der Waals surface area contributed by atoms with E-state index in [0.717, 1.165) is 30.0 Å². The number of benzene rings is 2. The first-order valence-electron chi connectivity index (χ1n) is 7.70. The summed E-state index contributed by atoms with van der Waals surface area (Å²) in [6, 6.07) is 8.09. The second-order valence-corrected chi connectivity index (χ2v) is 8.66. The van der Waals surface area contributed by atoms with E-state index in [9.17, 15) is 28.1 Å². The van der Waals surface area contributed by atoms with E-state index in [1.165, 1.54) is 0 Å². The first-order valence-corrected chi connectivity index (χ1v) is 10.4. The number of nitrogens with zero attached hydrogens (tertiary/aromatic N) is 1. The normalized spacial score (nSPS) is 11.0. The Labute approximate surface area is 168 Å². The number of nitro benzene ring substituents is 1. The first kappa shape index (κ1) is 21.5. The molecular weight excluding hydrogens is 456 g/mol. The summed E-state index contributed by atoms with van der Waals surface area (Å²) in [6.07, 6.45) is 0.820. The molecule has 0 spiro atoms. The highest BCUT2D eigenvalue weighted by Gasteiger charge is 2.24. The third-order valence-electron chi connectivity index (χ3n) is 3.52. The van der Waals surface area contributed by atoms with Crippen LogP contribution in [-0.4, -0.2) is 38.1 Å². The zero-order valence-electron chi connectivity index (χ0n) is 14.8. The van der Waals surface area contributed by atoms with Crippen LogP contribution in [0.25, 0.3) is 0 Å². The van der Waals surface area contributed by atoms with Crippen molar-refractivity contribution in [3.05, 3.63) is 62.1 Å². The molecule has 1 amide bonds. The van der Waals surface area contributed by atoms with E-state index < -0.39 is 43.8 Å². The highest BCUT2D eigenvalue weighted by atomic mass is 79.9. The number of nitro groups is 1. The zero-order chi connectivity index (χ0) is 21.1. The predicted octanol–water partition coefficient (Wildman–Crippen LogP) is 2.86. The third kappa shape index (κ3) is 5.36. The summed E-state index contributed by atoms with van der Waals surface area (Å²) in [4.78, 5) is 33.7. The average molecular weight is 471 g/mol. The van der Waals surface area contributed by atoms with Crippen LogP contribution < -0.4 is 5.32 Å². The Morgan fingerprint density at radius 2 is 1.89 bits per heavy atom. The molecule has 0 saturated heterocycles.